The van der Waals surface area contributed by atoms with E-state index in [1.165, 1.54) is 34.7 Å². The van der Waals surface area contributed by atoms with Crippen LogP contribution in [0.1, 0.15) is 42.5 Å². The Labute approximate surface area is 207 Å². The smallest absolute Gasteiger partial charge is 0.322 e. The molecular weight excluding hydrogens is 462 g/mol. The number of halogens is 2. The summed E-state index contributed by atoms with van der Waals surface area (Å²) < 4.78 is 33.2. The standard InChI is InChI=1S/C28H24F2N4O2/c1-3-18-7-11-20(12-8-18)26-32-27(36-33-26)24-17(2)34(16-19-9-13-22(29)14-10-19)28(35)31-25(24)21-5-4-6-23(30)15-21/h4-15,25H,3,16H2,1-2H3,(H,31,35). The minimum absolute atomic E-state index is 0.205. The van der Waals surface area contributed by atoms with Crippen molar-refractivity contribution in [1.29, 1.82) is 0 Å². The van der Waals surface area contributed by atoms with Crippen LogP contribution < -0.4 is 5.32 Å². The quantitative estimate of drug-likeness (QED) is 0.348. The van der Waals surface area contributed by atoms with Crippen LogP contribution in [0.25, 0.3) is 17.0 Å². The lowest BCUT2D eigenvalue weighted by atomic mass is 9.94. The van der Waals surface area contributed by atoms with Crippen LogP contribution in [-0.2, 0) is 13.0 Å². The highest BCUT2D eigenvalue weighted by molar-refractivity contribution is 5.86. The Bertz CT molecular complexity index is 1430. The zero-order chi connectivity index (χ0) is 25.2. The summed E-state index contributed by atoms with van der Waals surface area (Å²) in [6, 6.07) is 18.8. The number of urea groups is 1. The van der Waals surface area contributed by atoms with Crippen LogP contribution in [-0.4, -0.2) is 21.1 Å². The fraction of sp³-hybridized carbons (Fsp3) is 0.179. The van der Waals surface area contributed by atoms with Crippen LogP contribution in [0.2, 0.25) is 0 Å². The van der Waals surface area contributed by atoms with Gasteiger partial charge >= 0.3 is 6.03 Å². The van der Waals surface area contributed by atoms with Gasteiger partial charge in [-0.2, -0.15) is 4.98 Å². The monoisotopic (exact) mass is 486 g/mol. The SMILES string of the molecule is CCc1ccc(-c2noc(C3=C(C)N(Cc4ccc(F)cc4)C(=O)NC3c3cccc(F)c3)n2)cc1. The Morgan fingerprint density at radius 1 is 0.972 bits per heavy atom. The summed E-state index contributed by atoms with van der Waals surface area (Å²) in [4.78, 5) is 19.3. The first-order chi connectivity index (χ1) is 17.4. The minimum Gasteiger partial charge on any atom is -0.334 e. The third kappa shape index (κ3) is 4.62. The first-order valence-electron chi connectivity index (χ1n) is 11.6. The van der Waals surface area contributed by atoms with Crippen LogP contribution in [0, 0.1) is 11.6 Å². The van der Waals surface area contributed by atoms with Crippen LogP contribution >= 0.6 is 0 Å². The number of nitrogens with zero attached hydrogens (tertiary/aromatic N) is 3. The summed E-state index contributed by atoms with van der Waals surface area (Å²) in [5.74, 6) is -0.144. The minimum atomic E-state index is -0.701. The van der Waals surface area contributed by atoms with E-state index in [9.17, 15) is 13.6 Å². The molecule has 0 aliphatic carbocycles. The maximum absolute atomic E-state index is 14.1. The van der Waals surface area contributed by atoms with Crippen molar-refractivity contribution < 1.29 is 18.1 Å². The third-order valence-corrected chi connectivity index (χ3v) is 6.31. The van der Waals surface area contributed by atoms with E-state index in [0.717, 1.165) is 17.5 Å². The highest BCUT2D eigenvalue weighted by Gasteiger charge is 2.36. The Morgan fingerprint density at radius 3 is 2.39 bits per heavy atom. The number of aromatic nitrogens is 2. The molecule has 0 saturated carbocycles. The van der Waals surface area contributed by atoms with Gasteiger partial charge in [0.1, 0.15) is 11.6 Å². The lowest BCUT2D eigenvalue weighted by Gasteiger charge is -2.35. The molecule has 1 atom stereocenters. The van der Waals surface area contributed by atoms with Crippen LogP contribution in [0.5, 0.6) is 0 Å². The number of aryl methyl sites for hydroxylation is 1. The second-order valence-electron chi connectivity index (χ2n) is 8.62. The summed E-state index contributed by atoms with van der Waals surface area (Å²) in [6.45, 7) is 4.07. The molecule has 1 N–H and O–H groups in total. The molecule has 2 amide bonds. The molecule has 0 spiro atoms. The van der Waals surface area contributed by atoms with Crippen LogP contribution in [0.3, 0.4) is 0 Å². The van der Waals surface area contributed by atoms with E-state index in [-0.39, 0.29) is 24.3 Å². The van der Waals surface area contributed by atoms with Gasteiger partial charge in [-0.05, 0) is 54.3 Å². The van der Waals surface area contributed by atoms with Gasteiger partial charge in [-0.25, -0.2) is 13.6 Å². The second kappa shape index (κ2) is 9.73. The van der Waals surface area contributed by atoms with Crippen LogP contribution in [0.15, 0.2) is 83.0 Å². The van der Waals surface area contributed by atoms with Crippen molar-refractivity contribution in [2.45, 2.75) is 32.9 Å². The number of allylic oxidation sites excluding steroid dienone is 1. The number of nitrogens with one attached hydrogen (secondary N) is 1. The van der Waals surface area contributed by atoms with Crippen molar-refractivity contribution in [1.82, 2.24) is 20.4 Å². The molecule has 2 heterocycles. The van der Waals surface area contributed by atoms with E-state index < -0.39 is 11.9 Å². The number of hydrogen-bond acceptors (Lipinski definition) is 4. The fourth-order valence-electron chi connectivity index (χ4n) is 4.30. The van der Waals surface area contributed by atoms with Gasteiger partial charge in [-0.1, -0.05) is 60.6 Å². The second-order valence-corrected chi connectivity index (χ2v) is 8.62. The number of rotatable bonds is 6. The molecule has 3 aromatic carbocycles. The molecular formula is C28H24F2N4O2. The van der Waals surface area contributed by atoms with Gasteiger partial charge in [-0.3, -0.25) is 4.90 Å². The van der Waals surface area contributed by atoms with Crippen molar-refractivity contribution in [3.63, 3.8) is 0 Å². The predicted octanol–water partition coefficient (Wildman–Crippen LogP) is 6.27. The third-order valence-electron chi connectivity index (χ3n) is 6.31. The van der Waals surface area contributed by atoms with Gasteiger partial charge < -0.3 is 9.84 Å². The molecule has 0 saturated heterocycles. The number of hydrogen-bond donors (Lipinski definition) is 1. The average molecular weight is 487 g/mol. The van der Waals surface area contributed by atoms with Crippen molar-refractivity contribution in [2.75, 3.05) is 0 Å². The first kappa shape index (κ1) is 23.4. The highest BCUT2D eigenvalue weighted by atomic mass is 19.1. The Balaban J connectivity index is 1.58. The zero-order valence-electron chi connectivity index (χ0n) is 19.8. The molecule has 36 heavy (non-hydrogen) atoms. The van der Waals surface area contributed by atoms with E-state index in [2.05, 4.69) is 22.4 Å². The van der Waals surface area contributed by atoms with Gasteiger partial charge in [0.15, 0.2) is 0 Å². The molecule has 1 aliphatic rings. The normalized spacial score (nSPS) is 15.8. The molecule has 5 rings (SSSR count). The maximum Gasteiger partial charge on any atom is 0.322 e. The van der Waals surface area contributed by atoms with Gasteiger partial charge in [-0.15, -0.1) is 0 Å². The molecule has 0 fully saturated rings. The molecule has 1 aliphatic heterocycles. The van der Waals surface area contributed by atoms with Crippen molar-refractivity contribution in [3.05, 3.63) is 113 Å². The van der Waals surface area contributed by atoms with Crippen molar-refractivity contribution >= 4 is 11.6 Å². The van der Waals surface area contributed by atoms with Crippen molar-refractivity contribution in [3.8, 4) is 11.4 Å². The summed E-state index contributed by atoms with van der Waals surface area (Å²) >= 11 is 0. The van der Waals surface area contributed by atoms with Gasteiger partial charge in [0.05, 0.1) is 18.2 Å². The number of carbonyl (C=O) groups is 1. The molecule has 0 radical (unpaired) electrons. The van der Waals surface area contributed by atoms with Gasteiger partial charge in [0.2, 0.25) is 5.82 Å². The lowest BCUT2D eigenvalue weighted by Crippen LogP contribution is -2.45. The van der Waals surface area contributed by atoms with E-state index >= 15 is 0 Å². The van der Waals surface area contributed by atoms with Gasteiger partial charge in [0.25, 0.3) is 5.89 Å². The van der Waals surface area contributed by atoms with Crippen molar-refractivity contribution in [2.24, 2.45) is 0 Å². The molecule has 6 nitrogen and oxygen atoms in total. The van der Waals surface area contributed by atoms with E-state index in [1.54, 1.807) is 31.2 Å². The Hall–Kier alpha value is -4.33. The Morgan fingerprint density at radius 2 is 1.69 bits per heavy atom. The fourth-order valence-corrected chi connectivity index (χ4v) is 4.30. The maximum atomic E-state index is 14.1. The summed E-state index contributed by atoms with van der Waals surface area (Å²) in [5, 5.41) is 7.11. The summed E-state index contributed by atoms with van der Waals surface area (Å²) in [6.07, 6.45) is 0.919. The molecule has 8 heteroatoms. The zero-order valence-corrected chi connectivity index (χ0v) is 19.8. The first-order valence-corrected chi connectivity index (χ1v) is 11.6. The molecule has 0 bridgehead atoms. The summed E-state index contributed by atoms with van der Waals surface area (Å²) in [7, 11) is 0. The number of carbonyl (C=O) groups excluding carboxylic acids is 1. The van der Waals surface area contributed by atoms with Crippen LogP contribution in [0.4, 0.5) is 13.6 Å². The largest absolute Gasteiger partial charge is 0.334 e. The van der Waals surface area contributed by atoms with Gasteiger partial charge in [0, 0.05) is 11.3 Å². The number of amides is 2. The van der Waals surface area contributed by atoms with E-state index in [1.807, 2.05) is 24.3 Å². The number of benzene rings is 3. The lowest BCUT2D eigenvalue weighted by molar-refractivity contribution is 0.203. The molecule has 1 unspecified atom stereocenters. The highest BCUT2D eigenvalue weighted by Crippen LogP contribution is 2.38. The van der Waals surface area contributed by atoms with E-state index in [4.69, 9.17) is 4.52 Å². The molecule has 182 valence electrons. The molecule has 1 aromatic heterocycles. The predicted molar refractivity (Wildman–Crippen MR) is 131 cm³/mol. The average Bonchev–Trinajstić information content (AvgIpc) is 3.37. The topological polar surface area (TPSA) is 71.3 Å². The van der Waals surface area contributed by atoms with E-state index in [0.29, 0.717) is 22.7 Å². The molecule has 4 aromatic rings. The Kier molecular flexibility index (Phi) is 6.33. The summed E-state index contributed by atoms with van der Waals surface area (Å²) in [5.41, 5.74) is 4.42.